The van der Waals surface area contributed by atoms with Gasteiger partial charge in [0.2, 0.25) is 11.8 Å². The predicted octanol–water partition coefficient (Wildman–Crippen LogP) is 2.77. The van der Waals surface area contributed by atoms with Crippen molar-refractivity contribution in [2.24, 2.45) is 0 Å². The number of nitrogens with zero attached hydrogens (tertiary/aromatic N) is 1. The Bertz CT molecular complexity index is 850. The van der Waals surface area contributed by atoms with Gasteiger partial charge in [0.15, 0.2) is 5.82 Å². The van der Waals surface area contributed by atoms with E-state index in [0.717, 1.165) is 11.1 Å². The van der Waals surface area contributed by atoms with Gasteiger partial charge in [-0.3, -0.25) is 14.4 Å². The summed E-state index contributed by atoms with van der Waals surface area (Å²) in [6.07, 6.45) is 0.0253. The lowest BCUT2D eigenvalue weighted by atomic mass is 10.0. The van der Waals surface area contributed by atoms with Gasteiger partial charge >= 0.3 is 5.97 Å². The number of aryl methyl sites for hydroxylation is 2. The Labute approximate surface area is 173 Å². The largest absolute Gasteiger partial charge is 0.469 e. The summed E-state index contributed by atoms with van der Waals surface area (Å²) in [4.78, 5) is 36.3. The first kappa shape index (κ1) is 22.5. The standard InChI is InChI=1S/C20H25N3O5S/c1-12-5-7-15(8-6-12)16(10-19(25)27-4)21-18(24)11-29-14(3)20(26)22-17-9-13(2)28-23-17/h5-9,14,16H,10-11H2,1-4H3,(H,21,24)(H,22,23,26)/t14-,16+/m1/s1. The number of hydrogen-bond acceptors (Lipinski definition) is 7. The Morgan fingerprint density at radius 2 is 1.90 bits per heavy atom. The van der Waals surface area contributed by atoms with Crippen LogP contribution in [0.1, 0.15) is 36.3 Å². The van der Waals surface area contributed by atoms with Crippen molar-refractivity contribution in [2.75, 3.05) is 18.2 Å². The van der Waals surface area contributed by atoms with Crippen molar-refractivity contribution in [3.8, 4) is 0 Å². The number of anilines is 1. The number of benzene rings is 1. The minimum absolute atomic E-state index is 0.0253. The van der Waals surface area contributed by atoms with Crippen LogP contribution in [0.3, 0.4) is 0 Å². The molecule has 0 saturated heterocycles. The van der Waals surface area contributed by atoms with Crippen LogP contribution in [0.15, 0.2) is 34.9 Å². The average Bonchev–Trinajstić information content (AvgIpc) is 3.10. The Morgan fingerprint density at radius 3 is 2.48 bits per heavy atom. The molecule has 0 fully saturated rings. The van der Waals surface area contributed by atoms with Crippen LogP contribution in [0.25, 0.3) is 0 Å². The maximum Gasteiger partial charge on any atom is 0.307 e. The molecule has 0 aliphatic heterocycles. The lowest BCUT2D eigenvalue weighted by Gasteiger charge is -2.19. The van der Waals surface area contributed by atoms with Crippen LogP contribution in [0.2, 0.25) is 0 Å². The molecule has 9 heteroatoms. The molecule has 2 amide bonds. The van der Waals surface area contributed by atoms with Crippen LogP contribution in [0, 0.1) is 13.8 Å². The molecule has 0 aliphatic carbocycles. The second-order valence-corrected chi connectivity index (χ2v) is 7.91. The number of carbonyl (C=O) groups excluding carboxylic acids is 3. The first-order valence-electron chi connectivity index (χ1n) is 9.07. The second-order valence-electron chi connectivity index (χ2n) is 6.58. The molecule has 156 valence electrons. The second kappa shape index (κ2) is 10.7. The number of thioether (sulfide) groups is 1. The zero-order chi connectivity index (χ0) is 21.4. The summed E-state index contributed by atoms with van der Waals surface area (Å²) in [5.74, 6) is 0.0201. The first-order valence-corrected chi connectivity index (χ1v) is 10.1. The number of amides is 2. The van der Waals surface area contributed by atoms with E-state index in [1.165, 1.54) is 18.9 Å². The van der Waals surface area contributed by atoms with Gasteiger partial charge in [0.05, 0.1) is 30.6 Å². The minimum Gasteiger partial charge on any atom is -0.469 e. The third-order valence-corrected chi connectivity index (χ3v) is 5.27. The van der Waals surface area contributed by atoms with Gasteiger partial charge in [-0.25, -0.2) is 0 Å². The Kier molecular flexibility index (Phi) is 8.26. The van der Waals surface area contributed by atoms with E-state index >= 15 is 0 Å². The van der Waals surface area contributed by atoms with Crippen molar-refractivity contribution in [1.29, 1.82) is 0 Å². The average molecular weight is 420 g/mol. The van der Waals surface area contributed by atoms with Crippen LogP contribution < -0.4 is 10.6 Å². The molecule has 2 rings (SSSR count). The van der Waals surface area contributed by atoms with Gasteiger partial charge in [0.25, 0.3) is 0 Å². The lowest BCUT2D eigenvalue weighted by Crippen LogP contribution is -2.33. The number of carbonyl (C=O) groups is 3. The van der Waals surface area contributed by atoms with Gasteiger partial charge in [-0.2, -0.15) is 0 Å². The van der Waals surface area contributed by atoms with Crippen molar-refractivity contribution in [1.82, 2.24) is 10.5 Å². The molecule has 0 saturated carbocycles. The summed E-state index contributed by atoms with van der Waals surface area (Å²) in [6, 6.07) is 8.68. The molecule has 1 heterocycles. The number of hydrogen-bond donors (Lipinski definition) is 2. The molecular weight excluding hydrogens is 394 g/mol. The third kappa shape index (κ3) is 7.26. The van der Waals surface area contributed by atoms with Crippen molar-refractivity contribution in [2.45, 2.75) is 38.5 Å². The highest BCUT2D eigenvalue weighted by atomic mass is 32.2. The number of methoxy groups -OCH3 is 1. The number of esters is 1. The Balaban J connectivity index is 1.90. The summed E-state index contributed by atoms with van der Waals surface area (Å²) in [6.45, 7) is 5.39. The molecule has 2 N–H and O–H groups in total. The maximum atomic E-state index is 12.4. The van der Waals surface area contributed by atoms with Crippen LogP contribution >= 0.6 is 11.8 Å². The van der Waals surface area contributed by atoms with E-state index in [-0.39, 0.29) is 24.0 Å². The number of rotatable bonds is 9. The highest BCUT2D eigenvalue weighted by molar-refractivity contribution is 8.01. The van der Waals surface area contributed by atoms with Gasteiger partial charge in [0.1, 0.15) is 5.76 Å². The summed E-state index contributed by atoms with van der Waals surface area (Å²) in [5, 5.41) is 8.71. The van der Waals surface area contributed by atoms with Crippen LogP contribution in [0.5, 0.6) is 0 Å². The van der Waals surface area contributed by atoms with E-state index < -0.39 is 17.3 Å². The van der Waals surface area contributed by atoms with Crippen LogP contribution in [-0.4, -0.2) is 41.1 Å². The fourth-order valence-corrected chi connectivity index (χ4v) is 3.16. The first-order chi connectivity index (χ1) is 13.8. The van der Waals surface area contributed by atoms with Crippen molar-refractivity contribution < 1.29 is 23.6 Å². The van der Waals surface area contributed by atoms with Gasteiger partial charge in [-0.15, -0.1) is 11.8 Å². The molecule has 0 spiro atoms. The molecule has 1 aromatic carbocycles. The normalized spacial score (nSPS) is 12.7. The molecule has 0 aliphatic rings. The highest BCUT2D eigenvalue weighted by Crippen LogP contribution is 2.20. The quantitative estimate of drug-likeness (QED) is 0.601. The van der Waals surface area contributed by atoms with E-state index in [4.69, 9.17) is 9.26 Å². The lowest BCUT2D eigenvalue weighted by molar-refractivity contribution is -0.141. The molecule has 2 atom stereocenters. The van der Waals surface area contributed by atoms with Crippen molar-refractivity contribution >= 4 is 35.4 Å². The SMILES string of the molecule is COC(=O)C[C@H](NC(=O)CS[C@H](C)C(=O)Nc1cc(C)on1)c1ccc(C)cc1. The summed E-state index contributed by atoms with van der Waals surface area (Å²) in [7, 11) is 1.31. The van der Waals surface area contributed by atoms with Crippen LogP contribution in [0.4, 0.5) is 5.82 Å². The van der Waals surface area contributed by atoms with Crippen molar-refractivity contribution in [3.05, 3.63) is 47.2 Å². The van der Waals surface area contributed by atoms with Crippen molar-refractivity contribution in [3.63, 3.8) is 0 Å². The summed E-state index contributed by atoms with van der Waals surface area (Å²) >= 11 is 1.18. The number of nitrogens with one attached hydrogen (secondary N) is 2. The smallest absolute Gasteiger partial charge is 0.307 e. The molecule has 8 nitrogen and oxygen atoms in total. The number of ether oxygens (including phenoxy) is 1. The molecule has 1 aromatic heterocycles. The van der Waals surface area contributed by atoms with E-state index in [0.29, 0.717) is 11.6 Å². The van der Waals surface area contributed by atoms with Gasteiger partial charge in [0, 0.05) is 6.07 Å². The predicted molar refractivity (Wildman–Crippen MR) is 110 cm³/mol. The van der Waals surface area contributed by atoms with E-state index in [9.17, 15) is 14.4 Å². The van der Waals surface area contributed by atoms with E-state index in [1.54, 1.807) is 19.9 Å². The third-order valence-electron chi connectivity index (χ3n) is 4.13. The maximum absolute atomic E-state index is 12.4. The highest BCUT2D eigenvalue weighted by Gasteiger charge is 2.21. The monoisotopic (exact) mass is 419 g/mol. The zero-order valence-electron chi connectivity index (χ0n) is 16.9. The topological polar surface area (TPSA) is 111 Å². The van der Waals surface area contributed by atoms with E-state index in [1.807, 2.05) is 31.2 Å². The molecule has 29 heavy (non-hydrogen) atoms. The van der Waals surface area contributed by atoms with E-state index in [2.05, 4.69) is 15.8 Å². The Hall–Kier alpha value is -2.81. The molecule has 0 radical (unpaired) electrons. The fraction of sp³-hybridized carbons (Fsp3) is 0.400. The molecular formula is C20H25N3O5S. The summed E-state index contributed by atoms with van der Waals surface area (Å²) < 4.78 is 9.64. The fourth-order valence-electron chi connectivity index (χ4n) is 2.47. The van der Waals surface area contributed by atoms with Gasteiger partial charge in [-0.1, -0.05) is 35.0 Å². The molecule has 0 unspecified atom stereocenters. The van der Waals surface area contributed by atoms with Gasteiger partial charge in [-0.05, 0) is 26.3 Å². The number of aromatic nitrogens is 1. The molecule has 0 bridgehead atoms. The Morgan fingerprint density at radius 1 is 1.21 bits per heavy atom. The molecule has 2 aromatic rings. The summed E-state index contributed by atoms with van der Waals surface area (Å²) in [5.41, 5.74) is 1.89. The zero-order valence-corrected chi connectivity index (χ0v) is 17.7. The minimum atomic E-state index is -0.501. The van der Waals surface area contributed by atoms with Gasteiger partial charge < -0.3 is 19.9 Å². The van der Waals surface area contributed by atoms with Crippen LogP contribution in [-0.2, 0) is 19.1 Å².